The maximum absolute atomic E-state index is 13.0. The molecule has 0 saturated heterocycles. The van der Waals surface area contributed by atoms with Gasteiger partial charge in [0.25, 0.3) is 5.91 Å². The number of carbonyl (C=O) groups excluding carboxylic acids is 1. The third-order valence-corrected chi connectivity index (χ3v) is 6.01. The van der Waals surface area contributed by atoms with Crippen molar-refractivity contribution in [1.82, 2.24) is 15.3 Å². The summed E-state index contributed by atoms with van der Waals surface area (Å²) in [6.45, 7) is 8.06. The number of hydrogen-bond donors (Lipinski definition) is 3. The number of hydrogen-bond acceptors (Lipinski definition) is 5. The fourth-order valence-corrected chi connectivity index (χ4v) is 4.29. The lowest BCUT2D eigenvalue weighted by Crippen LogP contribution is -2.26. The number of carboxylic acids is 1. The number of amides is 1. The Labute approximate surface area is 219 Å². The van der Waals surface area contributed by atoms with Crippen molar-refractivity contribution in [2.45, 2.75) is 52.8 Å². The van der Waals surface area contributed by atoms with Crippen LogP contribution in [0.15, 0.2) is 48.8 Å². The maximum atomic E-state index is 13.0. The molecule has 0 saturated carbocycles. The molecule has 0 aliphatic carbocycles. The van der Waals surface area contributed by atoms with Crippen LogP contribution < -0.4 is 10.6 Å². The zero-order valence-corrected chi connectivity index (χ0v) is 21.7. The van der Waals surface area contributed by atoms with Gasteiger partial charge in [-0.05, 0) is 66.1 Å². The molecule has 0 aliphatic heterocycles. The van der Waals surface area contributed by atoms with Crippen molar-refractivity contribution < 1.29 is 27.9 Å². The molecule has 0 fully saturated rings. The minimum absolute atomic E-state index is 0.00576. The number of carbonyl (C=O) groups is 2. The van der Waals surface area contributed by atoms with Crippen molar-refractivity contribution in [3.63, 3.8) is 0 Å². The van der Waals surface area contributed by atoms with Crippen molar-refractivity contribution in [3.8, 4) is 11.1 Å². The van der Waals surface area contributed by atoms with Crippen molar-refractivity contribution in [1.29, 1.82) is 0 Å². The highest BCUT2D eigenvalue weighted by Crippen LogP contribution is 2.35. The maximum Gasteiger partial charge on any atom is 0.416 e. The Morgan fingerprint density at radius 3 is 2.08 bits per heavy atom. The quantitative estimate of drug-likeness (QED) is 0.290. The number of carboxylic acid groups (broad SMARTS) is 1. The van der Waals surface area contributed by atoms with Gasteiger partial charge < -0.3 is 15.7 Å². The fourth-order valence-electron chi connectivity index (χ4n) is 4.29. The standard InChI is InChI=1S/C28H31F3N4O3/c1-16(2)11-23(35-27-33-14-21(15-34-27)26(38)32-10-9-24(36)37)20-12-17(3)25(18(4)13-20)19-5-7-22(8-6-19)28(29,30)31/h5-8,12-16,23H,9-11H2,1-4H3,(H,32,38)(H,36,37)(H,33,34,35)/t23-/m1/s1. The summed E-state index contributed by atoms with van der Waals surface area (Å²) in [5.41, 5.74) is 4.00. The number of nitrogens with one attached hydrogen (secondary N) is 2. The molecule has 3 N–H and O–H groups in total. The van der Waals surface area contributed by atoms with Crippen LogP contribution >= 0.6 is 0 Å². The molecule has 202 valence electrons. The van der Waals surface area contributed by atoms with Crippen molar-refractivity contribution in [2.75, 3.05) is 11.9 Å². The van der Waals surface area contributed by atoms with E-state index in [1.807, 2.05) is 26.0 Å². The van der Waals surface area contributed by atoms with Gasteiger partial charge >= 0.3 is 12.1 Å². The second-order valence-corrected chi connectivity index (χ2v) is 9.63. The Bertz CT molecular complexity index is 1250. The van der Waals surface area contributed by atoms with Crippen LogP contribution in [0, 0.1) is 19.8 Å². The van der Waals surface area contributed by atoms with E-state index in [9.17, 15) is 22.8 Å². The van der Waals surface area contributed by atoms with E-state index in [0.717, 1.165) is 40.8 Å². The largest absolute Gasteiger partial charge is 0.481 e. The number of rotatable bonds is 10. The molecular weight excluding hydrogens is 497 g/mol. The summed E-state index contributed by atoms with van der Waals surface area (Å²) in [4.78, 5) is 31.3. The van der Waals surface area contributed by atoms with Crippen LogP contribution in [-0.2, 0) is 11.0 Å². The van der Waals surface area contributed by atoms with E-state index in [4.69, 9.17) is 5.11 Å². The summed E-state index contributed by atoms with van der Waals surface area (Å²) in [5.74, 6) is -0.793. The van der Waals surface area contributed by atoms with Gasteiger partial charge in [0, 0.05) is 18.9 Å². The molecule has 1 amide bonds. The molecule has 0 bridgehead atoms. The third-order valence-electron chi connectivity index (χ3n) is 6.01. The number of nitrogens with zero attached hydrogens (tertiary/aromatic N) is 2. The van der Waals surface area contributed by atoms with E-state index < -0.39 is 23.6 Å². The molecule has 7 nitrogen and oxygen atoms in total. The fraction of sp³-hybridized carbons (Fsp3) is 0.357. The topological polar surface area (TPSA) is 104 Å². The lowest BCUT2D eigenvalue weighted by Gasteiger charge is -2.23. The van der Waals surface area contributed by atoms with Crippen LogP contribution in [0.3, 0.4) is 0 Å². The highest BCUT2D eigenvalue weighted by molar-refractivity contribution is 5.93. The highest BCUT2D eigenvalue weighted by atomic mass is 19.4. The van der Waals surface area contributed by atoms with Crippen molar-refractivity contribution in [2.24, 2.45) is 5.92 Å². The van der Waals surface area contributed by atoms with Gasteiger partial charge in [0.15, 0.2) is 0 Å². The molecule has 1 atom stereocenters. The van der Waals surface area contributed by atoms with Gasteiger partial charge in [-0.3, -0.25) is 9.59 Å². The van der Waals surface area contributed by atoms with Crippen molar-refractivity contribution >= 4 is 17.8 Å². The summed E-state index contributed by atoms with van der Waals surface area (Å²) in [6, 6.07) is 9.07. The molecule has 1 aromatic heterocycles. The molecular formula is C28H31F3N4O3. The summed E-state index contributed by atoms with van der Waals surface area (Å²) >= 11 is 0. The molecule has 38 heavy (non-hydrogen) atoms. The minimum atomic E-state index is -4.38. The minimum Gasteiger partial charge on any atom is -0.481 e. The number of aryl methyl sites for hydroxylation is 2. The number of alkyl halides is 3. The summed E-state index contributed by atoms with van der Waals surface area (Å²) in [6.07, 6.45) is -1.05. The molecule has 3 rings (SSSR count). The summed E-state index contributed by atoms with van der Waals surface area (Å²) < 4.78 is 39.0. The SMILES string of the molecule is Cc1cc([C@@H](CC(C)C)Nc2ncc(C(=O)NCCC(=O)O)cn2)cc(C)c1-c1ccc(C(F)(F)F)cc1. The van der Waals surface area contributed by atoms with Gasteiger partial charge in [-0.1, -0.05) is 38.1 Å². The first-order valence-electron chi connectivity index (χ1n) is 12.2. The van der Waals surface area contributed by atoms with Gasteiger partial charge in [-0.25, -0.2) is 9.97 Å². The van der Waals surface area contributed by atoms with Crippen LogP contribution in [0.1, 0.15) is 65.3 Å². The first-order chi connectivity index (χ1) is 17.8. The summed E-state index contributed by atoms with van der Waals surface area (Å²) in [7, 11) is 0. The first kappa shape index (κ1) is 28.6. The Balaban J connectivity index is 1.81. The smallest absolute Gasteiger partial charge is 0.416 e. The Hall–Kier alpha value is -3.95. The molecule has 1 heterocycles. The van der Waals surface area contributed by atoms with E-state index in [-0.39, 0.29) is 24.6 Å². The second-order valence-electron chi connectivity index (χ2n) is 9.63. The van der Waals surface area contributed by atoms with Crippen LogP contribution in [0.2, 0.25) is 0 Å². The zero-order chi connectivity index (χ0) is 28.0. The second kappa shape index (κ2) is 12.1. The molecule has 0 radical (unpaired) electrons. The summed E-state index contributed by atoms with van der Waals surface area (Å²) in [5, 5.41) is 14.5. The molecule has 0 aliphatic rings. The zero-order valence-electron chi connectivity index (χ0n) is 21.7. The number of aliphatic carboxylic acids is 1. The number of benzene rings is 2. The molecule has 3 aromatic rings. The predicted octanol–water partition coefficient (Wildman–Crippen LogP) is 6.18. The monoisotopic (exact) mass is 528 g/mol. The van der Waals surface area contributed by atoms with Gasteiger partial charge in [-0.15, -0.1) is 0 Å². The molecule has 10 heteroatoms. The molecule has 0 unspecified atom stereocenters. The average Bonchev–Trinajstić information content (AvgIpc) is 2.83. The Morgan fingerprint density at radius 2 is 1.58 bits per heavy atom. The van der Waals surface area contributed by atoms with Gasteiger partial charge in [-0.2, -0.15) is 13.2 Å². The van der Waals surface area contributed by atoms with Crippen molar-refractivity contribution in [3.05, 3.63) is 76.6 Å². The van der Waals surface area contributed by atoms with Crippen LogP contribution in [0.4, 0.5) is 19.1 Å². The first-order valence-corrected chi connectivity index (χ1v) is 12.2. The van der Waals surface area contributed by atoms with E-state index in [0.29, 0.717) is 17.4 Å². The Morgan fingerprint density at radius 1 is 1.00 bits per heavy atom. The molecule has 0 spiro atoms. The van der Waals surface area contributed by atoms with E-state index in [1.165, 1.54) is 24.5 Å². The predicted molar refractivity (Wildman–Crippen MR) is 139 cm³/mol. The average molecular weight is 529 g/mol. The van der Waals surface area contributed by atoms with E-state index in [1.54, 1.807) is 0 Å². The van der Waals surface area contributed by atoms with Gasteiger partial charge in [0.05, 0.1) is 23.6 Å². The van der Waals surface area contributed by atoms with E-state index >= 15 is 0 Å². The Kier molecular flexibility index (Phi) is 9.08. The lowest BCUT2D eigenvalue weighted by molar-refractivity contribution is -0.138. The normalized spacial score (nSPS) is 12.3. The van der Waals surface area contributed by atoms with Crippen LogP contribution in [0.5, 0.6) is 0 Å². The van der Waals surface area contributed by atoms with Crippen LogP contribution in [-0.4, -0.2) is 33.5 Å². The van der Waals surface area contributed by atoms with E-state index in [2.05, 4.69) is 34.4 Å². The van der Waals surface area contributed by atoms with Gasteiger partial charge in [0.1, 0.15) is 0 Å². The number of anilines is 1. The lowest BCUT2D eigenvalue weighted by atomic mass is 9.89. The number of halogens is 3. The number of aromatic nitrogens is 2. The van der Waals surface area contributed by atoms with Gasteiger partial charge in [0.2, 0.25) is 5.95 Å². The highest BCUT2D eigenvalue weighted by Gasteiger charge is 2.30. The third kappa shape index (κ3) is 7.53. The molecule has 2 aromatic carbocycles. The van der Waals surface area contributed by atoms with Crippen LogP contribution in [0.25, 0.3) is 11.1 Å².